The summed E-state index contributed by atoms with van der Waals surface area (Å²) in [6.07, 6.45) is 7.66. The molecule has 0 heterocycles. The van der Waals surface area contributed by atoms with Gasteiger partial charge < -0.3 is 5.32 Å². The van der Waals surface area contributed by atoms with Gasteiger partial charge in [0.15, 0.2) is 0 Å². The van der Waals surface area contributed by atoms with Crippen LogP contribution in [0.1, 0.15) is 51.5 Å². The van der Waals surface area contributed by atoms with Gasteiger partial charge in [0.05, 0.1) is 0 Å². The van der Waals surface area contributed by atoms with E-state index < -0.39 is 0 Å². The smallest absolute Gasteiger partial charge is 0.0439 e. The fraction of sp³-hybridized carbons (Fsp3) is 0.667. The maximum Gasteiger partial charge on any atom is 0.0439 e. The molecule has 118 valence electrons. The second-order valence-electron chi connectivity index (χ2n) is 7.00. The Bertz CT molecular complexity index is 451. The Hall–Kier alpha value is -0.240. The molecule has 1 fully saturated rings. The van der Waals surface area contributed by atoms with Gasteiger partial charge in [0.2, 0.25) is 0 Å². The SMILES string of the molecule is CC(C)CNCC1(Cc2cc(Cl)ccc2Cl)CCCCC1. The Morgan fingerprint density at radius 1 is 1.14 bits per heavy atom. The first-order chi connectivity index (χ1) is 10.0. The number of halogens is 2. The summed E-state index contributed by atoms with van der Waals surface area (Å²) in [5, 5.41) is 5.32. The summed E-state index contributed by atoms with van der Waals surface area (Å²) >= 11 is 12.5. The van der Waals surface area contributed by atoms with E-state index in [-0.39, 0.29) is 0 Å². The van der Waals surface area contributed by atoms with E-state index in [1.807, 2.05) is 18.2 Å². The van der Waals surface area contributed by atoms with Crippen LogP contribution in [0.15, 0.2) is 18.2 Å². The minimum absolute atomic E-state index is 0.349. The maximum atomic E-state index is 6.38. The zero-order valence-electron chi connectivity index (χ0n) is 13.2. The quantitative estimate of drug-likeness (QED) is 0.703. The van der Waals surface area contributed by atoms with Crippen molar-refractivity contribution in [3.05, 3.63) is 33.8 Å². The van der Waals surface area contributed by atoms with Gasteiger partial charge in [0.1, 0.15) is 0 Å². The van der Waals surface area contributed by atoms with E-state index in [1.54, 1.807) is 0 Å². The van der Waals surface area contributed by atoms with Crippen LogP contribution in [0.5, 0.6) is 0 Å². The fourth-order valence-electron chi connectivity index (χ4n) is 3.43. The highest BCUT2D eigenvalue weighted by atomic mass is 35.5. The van der Waals surface area contributed by atoms with Gasteiger partial charge in [0.25, 0.3) is 0 Å². The molecule has 1 aromatic rings. The van der Waals surface area contributed by atoms with Gasteiger partial charge >= 0.3 is 0 Å². The van der Waals surface area contributed by atoms with Crippen LogP contribution in [0, 0.1) is 11.3 Å². The van der Waals surface area contributed by atoms with E-state index in [4.69, 9.17) is 23.2 Å². The Morgan fingerprint density at radius 3 is 2.52 bits per heavy atom. The van der Waals surface area contributed by atoms with Crippen molar-refractivity contribution >= 4 is 23.2 Å². The van der Waals surface area contributed by atoms with Crippen molar-refractivity contribution in [1.29, 1.82) is 0 Å². The Kier molecular flexibility index (Phi) is 6.40. The first kappa shape index (κ1) is 17.1. The van der Waals surface area contributed by atoms with Crippen LogP contribution < -0.4 is 5.32 Å². The lowest BCUT2D eigenvalue weighted by atomic mass is 9.70. The van der Waals surface area contributed by atoms with Gasteiger partial charge in [-0.05, 0) is 60.9 Å². The average molecular weight is 328 g/mol. The molecule has 1 aliphatic carbocycles. The van der Waals surface area contributed by atoms with Crippen LogP contribution >= 0.6 is 23.2 Å². The van der Waals surface area contributed by atoms with Crippen LogP contribution in [0.4, 0.5) is 0 Å². The molecule has 0 spiro atoms. The molecular formula is C18H27Cl2N. The highest BCUT2D eigenvalue weighted by molar-refractivity contribution is 6.33. The molecule has 0 amide bonds. The molecule has 0 saturated heterocycles. The second kappa shape index (κ2) is 7.85. The number of hydrogen-bond acceptors (Lipinski definition) is 1. The van der Waals surface area contributed by atoms with Gasteiger partial charge in [-0.1, -0.05) is 56.3 Å². The number of hydrogen-bond donors (Lipinski definition) is 1. The minimum Gasteiger partial charge on any atom is -0.316 e. The van der Waals surface area contributed by atoms with E-state index in [9.17, 15) is 0 Å². The van der Waals surface area contributed by atoms with E-state index in [0.717, 1.165) is 29.6 Å². The lowest BCUT2D eigenvalue weighted by Crippen LogP contribution is -2.39. The third kappa shape index (κ3) is 5.16. The maximum absolute atomic E-state index is 6.38. The van der Waals surface area contributed by atoms with Crippen LogP contribution in [0.3, 0.4) is 0 Å². The molecular weight excluding hydrogens is 301 g/mol. The molecule has 1 aliphatic rings. The molecule has 1 aromatic carbocycles. The van der Waals surface area contributed by atoms with Crippen molar-refractivity contribution < 1.29 is 0 Å². The van der Waals surface area contributed by atoms with Gasteiger partial charge in [0, 0.05) is 16.6 Å². The summed E-state index contributed by atoms with van der Waals surface area (Å²) in [5.41, 5.74) is 1.55. The van der Waals surface area contributed by atoms with Crippen molar-refractivity contribution in [3.8, 4) is 0 Å². The van der Waals surface area contributed by atoms with Crippen molar-refractivity contribution in [3.63, 3.8) is 0 Å². The lowest BCUT2D eigenvalue weighted by Gasteiger charge is -2.38. The molecule has 0 aliphatic heterocycles. The van der Waals surface area contributed by atoms with E-state index >= 15 is 0 Å². The summed E-state index contributed by atoms with van der Waals surface area (Å²) in [6, 6.07) is 5.85. The van der Waals surface area contributed by atoms with Crippen molar-refractivity contribution in [1.82, 2.24) is 5.32 Å². The zero-order valence-corrected chi connectivity index (χ0v) is 14.7. The molecule has 21 heavy (non-hydrogen) atoms. The summed E-state index contributed by atoms with van der Waals surface area (Å²) in [5.74, 6) is 0.695. The molecule has 1 saturated carbocycles. The summed E-state index contributed by atoms with van der Waals surface area (Å²) in [4.78, 5) is 0. The van der Waals surface area contributed by atoms with Crippen molar-refractivity contribution in [2.24, 2.45) is 11.3 Å². The minimum atomic E-state index is 0.349. The van der Waals surface area contributed by atoms with Crippen LogP contribution in [-0.4, -0.2) is 13.1 Å². The highest BCUT2D eigenvalue weighted by Crippen LogP contribution is 2.40. The predicted octanol–water partition coefficient (Wildman–Crippen LogP) is 5.73. The molecule has 0 radical (unpaired) electrons. The van der Waals surface area contributed by atoms with Crippen LogP contribution in [0.2, 0.25) is 10.0 Å². The van der Waals surface area contributed by atoms with E-state index in [2.05, 4.69) is 19.2 Å². The third-order valence-corrected chi connectivity index (χ3v) is 5.14. The highest BCUT2D eigenvalue weighted by Gasteiger charge is 2.32. The molecule has 0 atom stereocenters. The first-order valence-corrected chi connectivity index (χ1v) is 8.91. The number of nitrogens with one attached hydrogen (secondary N) is 1. The summed E-state index contributed by atoms with van der Waals surface area (Å²) in [6.45, 7) is 6.70. The lowest BCUT2D eigenvalue weighted by molar-refractivity contribution is 0.179. The molecule has 0 aromatic heterocycles. The second-order valence-corrected chi connectivity index (χ2v) is 7.84. The molecule has 1 nitrogen and oxygen atoms in total. The average Bonchev–Trinajstić information content (AvgIpc) is 2.43. The normalized spacial score (nSPS) is 18.1. The standard InChI is InChI=1S/C18H27Cl2N/c1-14(2)12-21-13-18(8-4-3-5-9-18)11-15-10-16(19)6-7-17(15)20/h6-7,10,14,21H,3-5,8-9,11-13H2,1-2H3. The molecule has 3 heteroatoms. The monoisotopic (exact) mass is 327 g/mol. The topological polar surface area (TPSA) is 12.0 Å². The molecule has 0 unspecified atom stereocenters. The fourth-order valence-corrected chi connectivity index (χ4v) is 3.81. The third-order valence-electron chi connectivity index (χ3n) is 4.54. The first-order valence-electron chi connectivity index (χ1n) is 8.15. The van der Waals surface area contributed by atoms with E-state index in [0.29, 0.717) is 11.3 Å². The van der Waals surface area contributed by atoms with Crippen LogP contribution in [0.25, 0.3) is 0 Å². The van der Waals surface area contributed by atoms with E-state index in [1.165, 1.54) is 37.7 Å². The largest absolute Gasteiger partial charge is 0.316 e. The van der Waals surface area contributed by atoms with Gasteiger partial charge in [-0.25, -0.2) is 0 Å². The predicted molar refractivity (Wildman–Crippen MR) is 93.4 cm³/mol. The Balaban J connectivity index is 2.09. The molecule has 0 bridgehead atoms. The van der Waals surface area contributed by atoms with Crippen LogP contribution in [-0.2, 0) is 6.42 Å². The van der Waals surface area contributed by atoms with Crippen molar-refractivity contribution in [2.45, 2.75) is 52.4 Å². The Morgan fingerprint density at radius 2 is 1.86 bits per heavy atom. The summed E-state index contributed by atoms with van der Waals surface area (Å²) in [7, 11) is 0. The number of rotatable bonds is 6. The van der Waals surface area contributed by atoms with Gasteiger partial charge in [-0.3, -0.25) is 0 Å². The number of benzene rings is 1. The van der Waals surface area contributed by atoms with Crippen molar-refractivity contribution in [2.75, 3.05) is 13.1 Å². The zero-order chi connectivity index (χ0) is 15.3. The Labute approximate surface area is 139 Å². The summed E-state index contributed by atoms with van der Waals surface area (Å²) < 4.78 is 0. The molecule has 1 N–H and O–H groups in total. The van der Waals surface area contributed by atoms with Gasteiger partial charge in [-0.15, -0.1) is 0 Å². The molecule has 2 rings (SSSR count). The van der Waals surface area contributed by atoms with Gasteiger partial charge in [-0.2, -0.15) is 0 Å².